The summed E-state index contributed by atoms with van der Waals surface area (Å²) >= 11 is 8.92. The summed E-state index contributed by atoms with van der Waals surface area (Å²) in [5.74, 6) is -0.749. The van der Waals surface area contributed by atoms with Crippen molar-refractivity contribution in [2.75, 3.05) is 11.9 Å². The number of anilines is 1. The van der Waals surface area contributed by atoms with E-state index in [-0.39, 0.29) is 12.5 Å². The maximum Gasteiger partial charge on any atom is 0.341 e. The summed E-state index contributed by atoms with van der Waals surface area (Å²) in [7, 11) is 1.81. The minimum absolute atomic E-state index is 0.260. The number of carbonyl (C=O) groups excluding carboxylic acids is 2. The highest BCUT2D eigenvalue weighted by Gasteiger charge is 2.24. The Morgan fingerprint density at radius 1 is 1.21 bits per heavy atom. The highest BCUT2D eigenvalue weighted by molar-refractivity contribution is 7.17. The molecule has 0 fully saturated rings. The molecule has 0 bridgehead atoms. The van der Waals surface area contributed by atoms with Crippen LogP contribution in [0.3, 0.4) is 0 Å². The lowest BCUT2D eigenvalue weighted by atomic mass is 10.1. The van der Waals surface area contributed by atoms with Gasteiger partial charge in [-0.25, -0.2) is 4.79 Å². The first kappa shape index (κ1) is 19.7. The Morgan fingerprint density at radius 3 is 2.76 bits per heavy atom. The predicted molar refractivity (Wildman–Crippen MR) is 119 cm³/mol. The third kappa shape index (κ3) is 3.69. The van der Waals surface area contributed by atoms with Crippen LogP contribution in [0.5, 0.6) is 0 Å². The number of ether oxygens (including phenoxy) is 1. The number of fused-ring (bicyclic) bond motifs is 1. The maximum atomic E-state index is 13.0. The molecule has 3 heterocycles. The predicted octanol–water partition coefficient (Wildman–Crippen LogP) is 6.05. The number of rotatable bonds is 5. The average Bonchev–Trinajstić information content (AvgIpc) is 3.41. The van der Waals surface area contributed by atoms with E-state index in [1.807, 2.05) is 42.1 Å². The number of amides is 1. The van der Waals surface area contributed by atoms with Gasteiger partial charge in [0.05, 0.1) is 6.61 Å². The van der Waals surface area contributed by atoms with Crippen molar-refractivity contribution in [3.63, 3.8) is 0 Å². The van der Waals surface area contributed by atoms with Gasteiger partial charge in [0.25, 0.3) is 5.91 Å². The second-order valence-corrected chi connectivity index (χ2v) is 8.56. The first-order valence-electron chi connectivity index (χ1n) is 8.88. The van der Waals surface area contributed by atoms with Gasteiger partial charge < -0.3 is 14.6 Å². The zero-order chi connectivity index (χ0) is 20.5. The zero-order valence-corrected chi connectivity index (χ0v) is 18.1. The Bertz CT molecular complexity index is 1210. The highest BCUT2D eigenvalue weighted by atomic mass is 35.5. The van der Waals surface area contributed by atoms with Gasteiger partial charge in [-0.15, -0.1) is 22.7 Å². The molecule has 4 rings (SSSR count). The van der Waals surface area contributed by atoms with E-state index in [1.165, 1.54) is 22.7 Å². The molecular formula is C21H17ClN2O3S2. The van der Waals surface area contributed by atoms with Crippen molar-refractivity contribution in [3.05, 3.63) is 63.4 Å². The quantitative estimate of drug-likeness (QED) is 0.381. The summed E-state index contributed by atoms with van der Waals surface area (Å²) in [6.45, 7) is 2.02. The van der Waals surface area contributed by atoms with Gasteiger partial charge in [0.2, 0.25) is 0 Å². The molecule has 148 valence electrons. The molecule has 29 heavy (non-hydrogen) atoms. The number of benzene rings is 1. The van der Waals surface area contributed by atoms with E-state index in [0.29, 0.717) is 21.3 Å². The standard InChI is InChI=1S/C21H17ClN2O3S2/c1-3-27-21(26)18-14(17-5-4-8-28-17)11-29-20(18)23-19(25)16-9-12-6-7-13(22)10-15(12)24(16)2/h4-11H,3H2,1-2H3,(H,23,25). The Kier molecular flexibility index (Phi) is 5.45. The van der Waals surface area contributed by atoms with Gasteiger partial charge in [-0.2, -0.15) is 0 Å². The van der Waals surface area contributed by atoms with Gasteiger partial charge in [0.15, 0.2) is 0 Å². The van der Waals surface area contributed by atoms with E-state index in [0.717, 1.165) is 21.3 Å². The first-order chi connectivity index (χ1) is 14.0. The fraction of sp³-hybridized carbons (Fsp3) is 0.143. The van der Waals surface area contributed by atoms with Crippen molar-refractivity contribution in [2.24, 2.45) is 7.05 Å². The lowest BCUT2D eigenvalue weighted by Gasteiger charge is -2.09. The Labute approximate surface area is 180 Å². The van der Waals surface area contributed by atoms with E-state index in [2.05, 4.69) is 5.32 Å². The summed E-state index contributed by atoms with van der Waals surface area (Å²) in [5, 5.41) is 8.70. The largest absolute Gasteiger partial charge is 0.462 e. The summed E-state index contributed by atoms with van der Waals surface area (Å²) in [4.78, 5) is 26.6. The number of carbonyl (C=O) groups is 2. The number of aromatic nitrogens is 1. The van der Waals surface area contributed by atoms with Crippen LogP contribution in [0.4, 0.5) is 5.00 Å². The van der Waals surface area contributed by atoms with E-state index in [1.54, 1.807) is 23.6 Å². The van der Waals surface area contributed by atoms with Gasteiger partial charge in [-0.05, 0) is 36.6 Å². The zero-order valence-electron chi connectivity index (χ0n) is 15.7. The molecule has 0 unspecified atom stereocenters. The number of hydrogen-bond acceptors (Lipinski definition) is 5. The summed E-state index contributed by atoms with van der Waals surface area (Å²) < 4.78 is 7.03. The van der Waals surface area contributed by atoms with E-state index in [9.17, 15) is 9.59 Å². The van der Waals surface area contributed by atoms with Crippen LogP contribution in [0.1, 0.15) is 27.8 Å². The topological polar surface area (TPSA) is 60.3 Å². The smallest absolute Gasteiger partial charge is 0.341 e. The number of hydrogen-bond donors (Lipinski definition) is 1. The van der Waals surface area contributed by atoms with Crippen LogP contribution in [-0.2, 0) is 11.8 Å². The average molecular weight is 445 g/mol. The number of halogens is 1. The summed E-state index contributed by atoms with van der Waals surface area (Å²) in [6, 6.07) is 11.1. The van der Waals surface area contributed by atoms with E-state index < -0.39 is 5.97 Å². The minimum atomic E-state index is -0.448. The fourth-order valence-electron chi connectivity index (χ4n) is 3.16. The van der Waals surface area contributed by atoms with Crippen LogP contribution in [0.15, 0.2) is 47.2 Å². The summed E-state index contributed by atoms with van der Waals surface area (Å²) in [5.41, 5.74) is 2.49. The second-order valence-electron chi connectivity index (χ2n) is 6.30. The molecule has 1 aromatic carbocycles. The van der Waals surface area contributed by atoms with Gasteiger partial charge in [0.1, 0.15) is 16.3 Å². The Balaban J connectivity index is 1.72. The van der Waals surface area contributed by atoms with Crippen molar-refractivity contribution >= 4 is 62.1 Å². The van der Waals surface area contributed by atoms with Crippen molar-refractivity contribution in [3.8, 4) is 10.4 Å². The normalized spacial score (nSPS) is 11.0. The third-order valence-electron chi connectivity index (χ3n) is 4.52. The van der Waals surface area contributed by atoms with Crippen molar-refractivity contribution in [1.29, 1.82) is 0 Å². The van der Waals surface area contributed by atoms with Gasteiger partial charge >= 0.3 is 5.97 Å². The molecule has 8 heteroatoms. The highest BCUT2D eigenvalue weighted by Crippen LogP contribution is 2.38. The van der Waals surface area contributed by atoms with Crippen molar-refractivity contribution in [1.82, 2.24) is 4.57 Å². The Morgan fingerprint density at radius 2 is 2.03 bits per heavy atom. The fourth-order valence-corrected chi connectivity index (χ4v) is 5.09. The monoisotopic (exact) mass is 444 g/mol. The Hall–Kier alpha value is -2.61. The van der Waals surface area contributed by atoms with Crippen molar-refractivity contribution in [2.45, 2.75) is 6.92 Å². The molecule has 0 saturated heterocycles. The number of thiophene rings is 2. The molecule has 5 nitrogen and oxygen atoms in total. The molecule has 0 saturated carbocycles. The van der Waals surface area contributed by atoms with Gasteiger partial charge in [-0.1, -0.05) is 23.7 Å². The number of esters is 1. The van der Waals surface area contributed by atoms with Crippen LogP contribution >= 0.6 is 34.3 Å². The van der Waals surface area contributed by atoms with E-state index >= 15 is 0 Å². The SMILES string of the molecule is CCOC(=O)c1c(-c2cccs2)csc1NC(=O)c1cc2ccc(Cl)cc2n1C. The van der Waals surface area contributed by atoms with Crippen LogP contribution < -0.4 is 5.32 Å². The molecule has 1 amide bonds. The number of nitrogens with zero attached hydrogens (tertiary/aromatic N) is 1. The van der Waals surface area contributed by atoms with Crippen molar-refractivity contribution < 1.29 is 14.3 Å². The summed E-state index contributed by atoms with van der Waals surface area (Å²) in [6.07, 6.45) is 0. The molecule has 3 aromatic heterocycles. The molecule has 0 aliphatic heterocycles. The van der Waals surface area contributed by atoms with Gasteiger partial charge in [-0.3, -0.25) is 4.79 Å². The number of aryl methyl sites for hydroxylation is 1. The van der Waals surface area contributed by atoms with Crippen LogP contribution in [0.2, 0.25) is 5.02 Å². The molecule has 0 spiro atoms. The minimum Gasteiger partial charge on any atom is -0.462 e. The van der Waals surface area contributed by atoms with Crippen LogP contribution in [0, 0.1) is 0 Å². The molecule has 1 N–H and O–H groups in total. The van der Waals surface area contributed by atoms with E-state index in [4.69, 9.17) is 16.3 Å². The molecular weight excluding hydrogens is 428 g/mol. The molecule has 0 radical (unpaired) electrons. The number of nitrogens with one attached hydrogen (secondary N) is 1. The third-order valence-corrected chi connectivity index (χ3v) is 6.56. The second kappa shape index (κ2) is 8.02. The van der Waals surface area contributed by atoms with Gasteiger partial charge in [0, 0.05) is 38.8 Å². The molecule has 0 aliphatic rings. The molecule has 4 aromatic rings. The van der Waals surface area contributed by atoms with Crippen LogP contribution in [-0.4, -0.2) is 23.1 Å². The molecule has 0 aliphatic carbocycles. The van der Waals surface area contributed by atoms with Crippen LogP contribution in [0.25, 0.3) is 21.3 Å². The first-order valence-corrected chi connectivity index (χ1v) is 11.0. The lowest BCUT2D eigenvalue weighted by molar-refractivity contribution is 0.0529. The maximum absolute atomic E-state index is 13.0. The molecule has 0 atom stereocenters. The lowest BCUT2D eigenvalue weighted by Crippen LogP contribution is -2.17.